The second-order valence-electron chi connectivity index (χ2n) is 6.05. The van der Waals surface area contributed by atoms with Gasteiger partial charge in [0.05, 0.1) is 9.82 Å². The van der Waals surface area contributed by atoms with Crippen LogP contribution in [0.2, 0.25) is 0 Å². The Morgan fingerprint density at radius 1 is 1.10 bits per heavy atom. The van der Waals surface area contributed by atoms with Gasteiger partial charge in [0.2, 0.25) is 10.0 Å². The van der Waals surface area contributed by atoms with Crippen LogP contribution in [0.25, 0.3) is 0 Å². The van der Waals surface area contributed by atoms with Crippen LogP contribution in [0.1, 0.15) is 29.8 Å². The summed E-state index contributed by atoms with van der Waals surface area (Å²) in [5, 5.41) is 13.0. The van der Waals surface area contributed by atoms with Crippen LogP contribution in [0.3, 0.4) is 0 Å². The van der Waals surface area contributed by atoms with Crippen LogP contribution in [0.5, 0.6) is 0 Å². The van der Waals surface area contributed by atoms with Gasteiger partial charge in [0.1, 0.15) is 5.56 Å². The Balaban J connectivity index is 2.28. The summed E-state index contributed by atoms with van der Waals surface area (Å²) in [5.74, 6) is -0.802. The zero-order valence-corrected chi connectivity index (χ0v) is 16.7. The lowest BCUT2D eigenvalue weighted by Crippen LogP contribution is -2.30. The summed E-state index contributed by atoms with van der Waals surface area (Å²) in [6.45, 7) is 3.90. The van der Waals surface area contributed by atoms with E-state index in [0.717, 1.165) is 6.07 Å². The average molecular weight is 445 g/mol. The zero-order valence-electron chi connectivity index (χ0n) is 15.9. The second kappa shape index (κ2) is 8.79. The third kappa shape index (κ3) is 4.94. The van der Waals surface area contributed by atoms with Crippen molar-refractivity contribution in [2.45, 2.75) is 24.9 Å². The lowest BCUT2D eigenvalue weighted by molar-refractivity contribution is -0.388. The molecule has 30 heavy (non-hydrogen) atoms. The Bertz CT molecular complexity index is 1050. The van der Waals surface area contributed by atoms with Crippen molar-refractivity contribution in [3.8, 4) is 0 Å². The van der Waals surface area contributed by atoms with Gasteiger partial charge in [0, 0.05) is 30.4 Å². The molecule has 0 radical (unpaired) electrons. The predicted octanol–water partition coefficient (Wildman–Crippen LogP) is 3.90. The van der Waals surface area contributed by atoms with Crippen molar-refractivity contribution in [2.24, 2.45) is 0 Å². The summed E-state index contributed by atoms with van der Waals surface area (Å²) >= 11 is 0. The minimum Gasteiger partial charge on any atom is -0.322 e. The van der Waals surface area contributed by atoms with E-state index >= 15 is 0 Å². The summed E-state index contributed by atoms with van der Waals surface area (Å²) in [6, 6.07) is 6.99. The highest BCUT2D eigenvalue weighted by Crippen LogP contribution is 2.37. The van der Waals surface area contributed by atoms with E-state index in [-0.39, 0.29) is 29.2 Å². The third-order valence-corrected chi connectivity index (χ3v) is 6.28. The van der Waals surface area contributed by atoms with Gasteiger partial charge in [-0.15, -0.1) is 0 Å². The minimum absolute atomic E-state index is 0.000378. The van der Waals surface area contributed by atoms with Crippen LogP contribution in [0.15, 0.2) is 47.4 Å². The molecule has 0 saturated heterocycles. The van der Waals surface area contributed by atoms with Gasteiger partial charge in [-0.1, -0.05) is 13.8 Å². The van der Waals surface area contributed by atoms with Gasteiger partial charge in [-0.05, 0) is 36.4 Å². The van der Waals surface area contributed by atoms with Crippen molar-refractivity contribution >= 4 is 27.3 Å². The van der Waals surface area contributed by atoms with E-state index in [9.17, 15) is 36.5 Å². The molecule has 12 heteroatoms. The number of hydrogen-bond acceptors (Lipinski definition) is 5. The van der Waals surface area contributed by atoms with Crippen molar-refractivity contribution in [1.29, 1.82) is 0 Å². The molecule has 0 aliphatic rings. The highest BCUT2D eigenvalue weighted by molar-refractivity contribution is 7.89. The molecule has 0 saturated carbocycles. The van der Waals surface area contributed by atoms with E-state index in [1.165, 1.54) is 28.6 Å². The van der Waals surface area contributed by atoms with Crippen molar-refractivity contribution in [1.82, 2.24) is 4.31 Å². The summed E-state index contributed by atoms with van der Waals surface area (Å²) in [5.41, 5.74) is -2.92. The normalized spacial score (nSPS) is 12.1. The van der Waals surface area contributed by atoms with Gasteiger partial charge in [0.15, 0.2) is 0 Å². The first-order valence-corrected chi connectivity index (χ1v) is 10.1. The van der Waals surface area contributed by atoms with Crippen LogP contribution in [-0.2, 0) is 16.2 Å². The number of nitrogens with zero attached hydrogens (tertiary/aromatic N) is 2. The number of benzene rings is 2. The lowest BCUT2D eigenvalue weighted by atomic mass is 10.1. The minimum atomic E-state index is -4.98. The maximum atomic E-state index is 13.1. The fourth-order valence-electron chi connectivity index (χ4n) is 2.69. The van der Waals surface area contributed by atoms with Gasteiger partial charge in [-0.25, -0.2) is 8.42 Å². The topological polar surface area (TPSA) is 110 Å². The highest BCUT2D eigenvalue weighted by atomic mass is 32.2. The quantitative estimate of drug-likeness (QED) is 0.514. The molecule has 1 amide bonds. The first-order valence-electron chi connectivity index (χ1n) is 8.69. The number of nitro benzene ring substituents is 1. The lowest BCUT2D eigenvalue weighted by Gasteiger charge is -2.18. The van der Waals surface area contributed by atoms with E-state index in [1.54, 1.807) is 13.8 Å². The maximum absolute atomic E-state index is 13.1. The first kappa shape index (κ1) is 23.3. The third-order valence-electron chi connectivity index (χ3n) is 4.22. The number of halogens is 3. The first-order chi connectivity index (χ1) is 13.9. The van der Waals surface area contributed by atoms with E-state index in [2.05, 4.69) is 5.32 Å². The van der Waals surface area contributed by atoms with E-state index in [0.29, 0.717) is 12.1 Å². The molecule has 162 valence electrons. The average Bonchev–Trinajstić information content (AvgIpc) is 2.68. The molecular formula is C18H18F3N3O5S. The Kier molecular flexibility index (Phi) is 6.83. The van der Waals surface area contributed by atoms with Gasteiger partial charge in [-0.3, -0.25) is 14.9 Å². The van der Waals surface area contributed by atoms with Crippen LogP contribution >= 0.6 is 0 Å². The second-order valence-corrected chi connectivity index (χ2v) is 7.99. The SMILES string of the molecule is CCN(CC)S(=O)(=O)c1ccc(C(=O)Nc2ccc([N+](=O)[O-])c(C(F)(F)F)c2)cc1. The monoisotopic (exact) mass is 445 g/mol. The Hall–Kier alpha value is -2.99. The molecule has 0 heterocycles. The molecule has 0 unspecified atom stereocenters. The molecule has 0 aliphatic carbocycles. The van der Waals surface area contributed by atoms with E-state index in [1.807, 2.05) is 0 Å². The molecule has 0 fully saturated rings. The number of sulfonamides is 1. The number of carbonyl (C=O) groups excluding carboxylic acids is 1. The number of rotatable bonds is 7. The molecule has 0 spiro atoms. The molecule has 2 rings (SSSR count). The number of nitro groups is 1. The molecule has 8 nitrogen and oxygen atoms in total. The zero-order chi connectivity index (χ0) is 22.7. The fraction of sp³-hybridized carbons (Fsp3) is 0.278. The molecule has 1 N–H and O–H groups in total. The molecule has 0 aliphatic heterocycles. The Morgan fingerprint density at radius 3 is 2.13 bits per heavy atom. The van der Waals surface area contributed by atoms with Crippen LogP contribution in [0.4, 0.5) is 24.5 Å². The number of anilines is 1. The standard InChI is InChI=1S/C18H18F3N3O5S/c1-3-23(4-2)30(28,29)14-8-5-12(6-9-14)17(25)22-13-7-10-16(24(26)27)15(11-13)18(19,20)21/h5-11H,3-4H2,1-2H3,(H,22,25). The van der Waals surface area contributed by atoms with Gasteiger partial charge in [0.25, 0.3) is 11.6 Å². The van der Waals surface area contributed by atoms with Crippen LogP contribution in [0, 0.1) is 10.1 Å². The molecule has 0 atom stereocenters. The molecule has 2 aromatic rings. The van der Waals surface area contributed by atoms with Gasteiger partial charge >= 0.3 is 6.18 Å². The van der Waals surface area contributed by atoms with Crippen molar-refractivity contribution < 1.29 is 31.3 Å². The summed E-state index contributed by atoms with van der Waals surface area (Å²) in [4.78, 5) is 21.9. The largest absolute Gasteiger partial charge is 0.423 e. The van der Waals surface area contributed by atoms with Crippen LogP contribution < -0.4 is 5.32 Å². The molecule has 0 bridgehead atoms. The fourth-order valence-corrected chi connectivity index (χ4v) is 4.15. The number of hydrogen-bond donors (Lipinski definition) is 1. The van der Waals surface area contributed by atoms with E-state index < -0.39 is 38.3 Å². The smallest absolute Gasteiger partial charge is 0.322 e. The van der Waals surface area contributed by atoms with Gasteiger partial charge < -0.3 is 5.32 Å². The van der Waals surface area contributed by atoms with Crippen LogP contribution in [-0.4, -0.2) is 36.6 Å². The number of alkyl halides is 3. The summed E-state index contributed by atoms with van der Waals surface area (Å²) < 4.78 is 65.3. The maximum Gasteiger partial charge on any atom is 0.423 e. The molecular weight excluding hydrogens is 427 g/mol. The predicted molar refractivity (Wildman–Crippen MR) is 103 cm³/mol. The molecule has 0 aromatic heterocycles. The highest BCUT2D eigenvalue weighted by Gasteiger charge is 2.38. The van der Waals surface area contributed by atoms with E-state index in [4.69, 9.17) is 0 Å². The number of carbonyl (C=O) groups is 1. The van der Waals surface area contributed by atoms with Crippen molar-refractivity contribution in [3.63, 3.8) is 0 Å². The van der Waals surface area contributed by atoms with Crippen molar-refractivity contribution in [2.75, 3.05) is 18.4 Å². The molecule has 2 aromatic carbocycles. The summed E-state index contributed by atoms with van der Waals surface area (Å²) in [7, 11) is -3.72. The Morgan fingerprint density at radius 2 is 1.67 bits per heavy atom. The summed E-state index contributed by atoms with van der Waals surface area (Å²) in [6.07, 6.45) is -4.98. The number of nitrogens with one attached hydrogen (secondary N) is 1. The Labute approximate surface area is 170 Å². The van der Waals surface area contributed by atoms with Gasteiger partial charge in [-0.2, -0.15) is 17.5 Å². The van der Waals surface area contributed by atoms with Crippen molar-refractivity contribution in [3.05, 3.63) is 63.7 Å². The number of amides is 1.